The number of aromatic nitrogens is 6. The third-order valence-electron chi connectivity index (χ3n) is 4.78. The van der Waals surface area contributed by atoms with E-state index < -0.39 is 0 Å². The number of rotatable bonds is 3. The van der Waals surface area contributed by atoms with E-state index in [1.54, 1.807) is 37.2 Å². The zero-order chi connectivity index (χ0) is 24.7. The summed E-state index contributed by atoms with van der Waals surface area (Å²) in [6, 6.07) is 34.8. The Bertz CT molecular complexity index is 1100. The maximum atomic E-state index is 4.19. The summed E-state index contributed by atoms with van der Waals surface area (Å²) in [5, 5.41) is 0. The van der Waals surface area contributed by atoms with Gasteiger partial charge in [-0.2, -0.15) is 0 Å². The van der Waals surface area contributed by atoms with Crippen molar-refractivity contribution >= 4 is 0 Å². The van der Waals surface area contributed by atoms with E-state index in [9.17, 15) is 0 Å². The van der Waals surface area contributed by atoms with Crippen LogP contribution in [0.5, 0.6) is 0 Å². The van der Waals surface area contributed by atoms with Crippen LogP contribution in [0.1, 0.15) is 0 Å². The molecule has 0 radical (unpaired) electrons. The van der Waals surface area contributed by atoms with E-state index in [4.69, 9.17) is 0 Å². The van der Waals surface area contributed by atoms with Crippen molar-refractivity contribution in [2.24, 2.45) is 0 Å². The van der Waals surface area contributed by atoms with Gasteiger partial charge in [-0.1, -0.05) is 36.4 Å². The summed E-state index contributed by atoms with van der Waals surface area (Å²) in [6.45, 7) is 0. The molecule has 6 heterocycles. The largest absolute Gasteiger partial charge is 0.255 e. The van der Waals surface area contributed by atoms with Gasteiger partial charge in [0.15, 0.2) is 0 Å². The van der Waals surface area contributed by atoms with Gasteiger partial charge in [-0.15, -0.1) is 0 Å². The maximum Gasteiger partial charge on any atom is 0.0886 e. The van der Waals surface area contributed by atoms with Gasteiger partial charge in [-0.3, -0.25) is 29.9 Å². The zero-order valence-corrected chi connectivity index (χ0v) is 21.0. The minimum absolute atomic E-state index is 0. The Kier molecular flexibility index (Phi) is 11.3. The summed E-state index contributed by atoms with van der Waals surface area (Å²) >= 11 is 0. The molecule has 6 aromatic rings. The minimum atomic E-state index is 0. The van der Waals surface area contributed by atoms with E-state index in [2.05, 4.69) is 29.9 Å². The molecule has 0 amide bonds. The third kappa shape index (κ3) is 8.85. The van der Waals surface area contributed by atoms with Crippen molar-refractivity contribution < 1.29 is 17.1 Å². The summed E-state index contributed by atoms with van der Waals surface area (Å²) in [5.74, 6) is 0. The first-order valence-corrected chi connectivity index (χ1v) is 11.4. The molecule has 37 heavy (non-hydrogen) atoms. The fourth-order valence-electron chi connectivity index (χ4n) is 3.09. The van der Waals surface area contributed by atoms with Gasteiger partial charge in [-0.25, -0.2) is 0 Å². The van der Waals surface area contributed by atoms with E-state index in [1.165, 1.54) is 0 Å². The van der Waals surface area contributed by atoms with E-state index in [0.29, 0.717) is 0 Å². The van der Waals surface area contributed by atoms with E-state index in [-0.39, 0.29) is 17.1 Å². The van der Waals surface area contributed by atoms with Crippen LogP contribution < -0.4 is 0 Å². The van der Waals surface area contributed by atoms with Crippen LogP contribution >= 0.6 is 0 Å². The molecular weight excluding hydrogens is 500 g/mol. The fourth-order valence-corrected chi connectivity index (χ4v) is 3.09. The van der Waals surface area contributed by atoms with Gasteiger partial charge in [-0.05, 0) is 72.8 Å². The molecule has 0 bridgehead atoms. The topological polar surface area (TPSA) is 77.3 Å². The summed E-state index contributed by atoms with van der Waals surface area (Å²) in [5.41, 5.74) is 5.49. The number of hydrogen-bond acceptors (Lipinski definition) is 6. The van der Waals surface area contributed by atoms with Gasteiger partial charge in [0, 0.05) is 54.2 Å². The molecule has 0 spiro atoms. The number of nitrogens with zero attached hydrogens (tertiary/aromatic N) is 6. The first-order valence-electron chi connectivity index (χ1n) is 11.4. The average Bonchev–Trinajstić information content (AvgIpc) is 3.01. The average molecular weight is 524 g/mol. The van der Waals surface area contributed by atoms with Gasteiger partial charge < -0.3 is 0 Å². The molecule has 0 unspecified atom stereocenters. The Labute approximate surface area is 227 Å². The second-order valence-corrected chi connectivity index (χ2v) is 7.29. The molecule has 0 atom stereocenters. The predicted octanol–water partition coefficient (Wildman–Crippen LogP) is 6.43. The van der Waals surface area contributed by atoms with Crippen molar-refractivity contribution in [2.75, 3.05) is 0 Å². The molecule has 0 saturated carbocycles. The van der Waals surface area contributed by atoms with Crippen molar-refractivity contribution in [1.29, 1.82) is 0 Å². The molecule has 0 saturated heterocycles. The number of pyridine rings is 6. The molecule has 182 valence electrons. The van der Waals surface area contributed by atoms with Crippen LogP contribution in [0.3, 0.4) is 0 Å². The summed E-state index contributed by atoms with van der Waals surface area (Å²) in [7, 11) is 0. The Morgan fingerprint density at radius 2 is 0.405 bits per heavy atom. The van der Waals surface area contributed by atoms with E-state index in [0.717, 1.165) is 34.2 Å². The minimum Gasteiger partial charge on any atom is -0.255 e. The summed E-state index contributed by atoms with van der Waals surface area (Å²) in [4.78, 5) is 25.1. The monoisotopic (exact) mass is 524 g/mol. The zero-order valence-electron chi connectivity index (χ0n) is 19.9. The van der Waals surface area contributed by atoms with E-state index >= 15 is 0 Å². The fraction of sp³-hybridized carbons (Fsp3) is 0. The summed E-state index contributed by atoms with van der Waals surface area (Å²) < 4.78 is 0. The molecule has 0 N–H and O–H groups in total. The van der Waals surface area contributed by atoms with Gasteiger partial charge in [0.1, 0.15) is 0 Å². The molecule has 0 aliphatic heterocycles. The molecule has 0 aromatic carbocycles. The van der Waals surface area contributed by atoms with Crippen LogP contribution in [0.4, 0.5) is 0 Å². The second-order valence-electron chi connectivity index (χ2n) is 7.29. The molecule has 0 aliphatic rings. The Hall–Kier alpha value is -4.58. The Morgan fingerprint density at radius 3 is 0.514 bits per heavy atom. The van der Waals surface area contributed by atoms with Crippen LogP contribution in [0, 0.1) is 0 Å². The van der Waals surface area contributed by atoms with Gasteiger partial charge >= 0.3 is 0 Å². The first kappa shape index (κ1) is 27.0. The summed E-state index contributed by atoms with van der Waals surface area (Å²) in [6.07, 6.45) is 10.6. The third-order valence-corrected chi connectivity index (χ3v) is 4.78. The first-order chi connectivity index (χ1) is 17.9. The Morgan fingerprint density at radius 1 is 0.243 bits per heavy atom. The van der Waals surface area contributed by atoms with Crippen LogP contribution in [0.25, 0.3) is 34.2 Å². The van der Waals surface area contributed by atoms with Gasteiger partial charge in [0.05, 0.1) is 34.2 Å². The van der Waals surface area contributed by atoms with Crippen LogP contribution in [-0.4, -0.2) is 29.9 Å². The quantitative estimate of drug-likeness (QED) is 0.249. The molecule has 7 heteroatoms. The van der Waals surface area contributed by atoms with E-state index in [1.807, 2.05) is 109 Å². The molecule has 6 nitrogen and oxygen atoms in total. The standard InChI is InChI=1S/3C10H8N2.Fe/c3*1-3-7-11-9(5-1)10-6-2-4-8-12-10;/h3*1-8H;. The molecule has 0 aliphatic carbocycles. The van der Waals surface area contributed by atoms with Gasteiger partial charge in [0.2, 0.25) is 0 Å². The van der Waals surface area contributed by atoms with Crippen LogP contribution in [-0.2, 0) is 17.1 Å². The van der Waals surface area contributed by atoms with Crippen LogP contribution in [0.2, 0.25) is 0 Å². The van der Waals surface area contributed by atoms with Gasteiger partial charge in [0.25, 0.3) is 0 Å². The normalized spacial score (nSPS) is 9.41. The van der Waals surface area contributed by atoms with Crippen molar-refractivity contribution in [2.45, 2.75) is 0 Å². The molecule has 0 fully saturated rings. The van der Waals surface area contributed by atoms with Crippen molar-refractivity contribution in [3.8, 4) is 34.2 Å². The van der Waals surface area contributed by atoms with Crippen molar-refractivity contribution in [3.05, 3.63) is 146 Å². The number of hydrogen-bond donors (Lipinski definition) is 0. The predicted molar refractivity (Wildman–Crippen MR) is 142 cm³/mol. The van der Waals surface area contributed by atoms with Crippen molar-refractivity contribution in [1.82, 2.24) is 29.9 Å². The smallest absolute Gasteiger partial charge is 0.0886 e. The van der Waals surface area contributed by atoms with Crippen molar-refractivity contribution in [3.63, 3.8) is 0 Å². The second kappa shape index (κ2) is 15.4. The van der Waals surface area contributed by atoms with Crippen LogP contribution in [0.15, 0.2) is 146 Å². The molecule has 6 rings (SSSR count). The molecular formula is C30H24FeN6. The maximum absolute atomic E-state index is 4.19. The molecule has 6 aromatic heterocycles. The Balaban J connectivity index is 0.000000152. The SMILES string of the molecule is [Fe].c1ccc(-c2ccccn2)nc1.c1ccc(-c2ccccn2)nc1.c1ccc(-c2ccccn2)nc1.